The van der Waals surface area contributed by atoms with Gasteiger partial charge in [0.15, 0.2) is 0 Å². The molecule has 0 N–H and O–H groups in total. The van der Waals surface area contributed by atoms with Crippen molar-refractivity contribution in [2.24, 2.45) is 4.40 Å². The summed E-state index contributed by atoms with van der Waals surface area (Å²) in [5.74, 6) is 2.05. The minimum atomic E-state index is 1.21. The second kappa shape index (κ2) is 2.46. The van der Waals surface area contributed by atoms with E-state index in [0.29, 0.717) is 0 Å². The van der Waals surface area contributed by atoms with Crippen molar-refractivity contribution in [1.82, 2.24) is 0 Å². The molecule has 0 fully saturated rings. The van der Waals surface area contributed by atoms with Crippen molar-refractivity contribution < 1.29 is 0 Å². The Morgan fingerprint density at radius 2 is 1.90 bits per heavy atom. The van der Waals surface area contributed by atoms with Crippen LogP contribution in [0.4, 0.5) is 0 Å². The van der Waals surface area contributed by atoms with Gasteiger partial charge in [0.1, 0.15) is 0 Å². The lowest BCUT2D eigenvalue weighted by Gasteiger charge is -2.05. The van der Waals surface area contributed by atoms with Crippen LogP contribution < -0.4 is 0 Å². The van der Waals surface area contributed by atoms with Gasteiger partial charge in [0, 0.05) is 6.21 Å². The molecule has 1 aliphatic rings. The first-order chi connectivity index (χ1) is 4.97. The third-order valence-electron chi connectivity index (χ3n) is 1.43. The van der Waals surface area contributed by atoms with Crippen LogP contribution in [0.2, 0.25) is 0 Å². The van der Waals surface area contributed by atoms with E-state index in [1.807, 2.05) is 18.3 Å². The number of hydrogen-bond acceptors (Lipinski definition) is 2. The van der Waals surface area contributed by atoms with E-state index in [1.54, 1.807) is 0 Å². The van der Waals surface area contributed by atoms with Crippen LogP contribution in [-0.2, 0) is 0 Å². The molecule has 2 heteroatoms. The van der Waals surface area contributed by atoms with Crippen LogP contribution in [0.5, 0.6) is 0 Å². The second-order valence-electron chi connectivity index (χ2n) is 2.09. The molecule has 1 aliphatic heterocycles. The molecule has 0 atom stereocenters. The van der Waals surface area contributed by atoms with E-state index in [0.717, 1.165) is 0 Å². The highest BCUT2D eigenvalue weighted by Gasteiger charge is 2.02. The third kappa shape index (κ3) is 0.948. The molecule has 1 heterocycles. The maximum Gasteiger partial charge on any atom is 0.0700 e. The molecule has 0 amide bonds. The van der Waals surface area contributed by atoms with Crippen LogP contribution in [0.1, 0.15) is 11.1 Å². The smallest absolute Gasteiger partial charge is 0.0700 e. The highest BCUT2D eigenvalue weighted by molar-refractivity contribution is 8.00. The van der Waals surface area contributed by atoms with Gasteiger partial charge >= 0.3 is 0 Å². The number of fused-ring (bicyclic) bond motifs is 1. The first-order valence-corrected chi connectivity index (χ1v) is 3.92. The maximum atomic E-state index is 4.05. The SMILES string of the molecule is [CH]1SN=Cc2ccccc21. The van der Waals surface area contributed by atoms with Crippen LogP contribution in [0.3, 0.4) is 0 Å². The summed E-state index contributed by atoms with van der Waals surface area (Å²) in [5, 5.41) is 0. The lowest BCUT2D eigenvalue weighted by molar-refractivity contribution is 1.54. The molecule has 0 bridgehead atoms. The molecular weight excluding hydrogens is 142 g/mol. The first-order valence-electron chi connectivity index (χ1n) is 3.08. The molecule has 0 aliphatic carbocycles. The molecule has 1 aromatic carbocycles. The molecule has 0 saturated carbocycles. The average Bonchev–Trinajstić information content (AvgIpc) is 2.05. The summed E-state index contributed by atoms with van der Waals surface area (Å²) in [5.41, 5.74) is 2.48. The van der Waals surface area contributed by atoms with Gasteiger partial charge in [-0.05, 0) is 23.1 Å². The van der Waals surface area contributed by atoms with Gasteiger partial charge in [-0.1, -0.05) is 24.3 Å². The molecule has 0 saturated heterocycles. The minimum absolute atomic E-state index is 1.21. The van der Waals surface area contributed by atoms with E-state index in [2.05, 4.69) is 22.3 Å². The van der Waals surface area contributed by atoms with Gasteiger partial charge in [-0.2, -0.15) is 0 Å². The molecule has 10 heavy (non-hydrogen) atoms. The predicted molar refractivity (Wildman–Crippen MR) is 45.0 cm³/mol. The number of benzene rings is 1. The van der Waals surface area contributed by atoms with Crippen LogP contribution in [0.25, 0.3) is 0 Å². The Bertz CT molecular complexity index is 268. The standard InChI is InChI=1S/C8H6NS/c1-2-4-8-6-10-9-5-7(8)3-1/h1-6H. The van der Waals surface area contributed by atoms with E-state index in [-0.39, 0.29) is 0 Å². The van der Waals surface area contributed by atoms with Crippen LogP contribution in [0.15, 0.2) is 28.7 Å². The summed E-state index contributed by atoms with van der Waals surface area (Å²) in [6.07, 6.45) is 1.89. The molecule has 2 rings (SSSR count). The minimum Gasteiger partial charge on any atom is -0.223 e. The highest BCUT2D eigenvalue weighted by atomic mass is 32.2. The van der Waals surface area contributed by atoms with Gasteiger partial charge in [-0.3, -0.25) is 0 Å². The zero-order chi connectivity index (χ0) is 6.81. The predicted octanol–water partition coefficient (Wildman–Crippen LogP) is 2.28. The van der Waals surface area contributed by atoms with Crippen LogP contribution in [0, 0.1) is 5.75 Å². The Morgan fingerprint density at radius 3 is 2.70 bits per heavy atom. The average molecular weight is 148 g/mol. The quantitative estimate of drug-likeness (QED) is 0.514. The Hall–Kier alpha value is -0.760. The second-order valence-corrected chi connectivity index (χ2v) is 2.74. The lowest BCUT2D eigenvalue weighted by atomic mass is 10.1. The summed E-state index contributed by atoms with van der Waals surface area (Å²) in [7, 11) is 0. The van der Waals surface area contributed by atoms with Crippen molar-refractivity contribution in [3.63, 3.8) is 0 Å². The normalized spacial score (nSPS) is 14.8. The molecule has 0 unspecified atom stereocenters. The van der Waals surface area contributed by atoms with Crippen molar-refractivity contribution in [1.29, 1.82) is 0 Å². The zero-order valence-electron chi connectivity index (χ0n) is 5.32. The highest BCUT2D eigenvalue weighted by Crippen LogP contribution is 2.22. The van der Waals surface area contributed by atoms with Crippen molar-refractivity contribution in [2.45, 2.75) is 0 Å². The summed E-state index contributed by atoms with van der Waals surface area (Å²) in [6, 6.07) is 8.21. The van der Waals surface area contributed by atoms with E-state index in [1.165, 1.54) is 23.1 Å². The van der Waals surface area contributed by atoms with Gasteiger partial charge in [-0.25, -0.2) is 4.40 Å². The van der Waals surface area contributed by atoms with Gasteiger partial charge in [-0.15, -0.1) is 0 Å². The van der Waals surface area contributed by atoms with Crippen LogP contribution >= 0.6 is 11.9 Å². The topological polar surface area (TPSA) is 12.4 Å². The lowest BCUT2D eigenvalue weighted by Crippen LogP contribution is -1.91. The van der Waals surface area contributed by atoms with Crippen molar-refractivity contribution in [3.05, 3.63) is 41.1 Å². The van der Waals surface area contributed by atoms with Gasteiger partial charge < -0.3 is 0 Å². The van der Waals surface area contributed by atoms with E-state index >= 15 is 0 Å². The fourth-order valence-electron chi connectivity index (χ4n) is 0.910. The Kier molecular flexibility index (Phi) is 1.47. The van der Waals surface area contributed by atoms with E-state index in [4.69, 9.17) is 0 Å². The number of hydrogen-bond donors (Lipinski definition) is 0. The van der Waals surface area contributed by atoms with Crippen molar-refractivity contribution in [3.8, 4) is 0 Å². The number of nitrogens with zero attached hydrogens (tertiary/aromatic N) is 1. The number of rotatable bonds is 0. The summed E-state index contributed by atoms with van der Waals surface area (Å²) in [4.78, 5) is 0. The molecule has 1 radical (unpaired) electrons. The molecular formula is C8H6NS. The Labute approximate surface area is 64.3 Å². The van der Waals surface area contributed by atoms with Crippen molar-refractivity contribution in [2.75, 3.05) is 0 Å². The molecule has 1 nitrogen and oxygen atoms in total. The van der Waals surface area contributed by atoms with Gasteiger partial charge in [0.05, 0.1) is 5.75 Å². The summed E-state index contributed by atoms with van der Waals surface area (Å²) < 4.78 is 4.05. The van der Waals surface area contributed by atoms with E-state index in [9.17, 15) is 0 Å². The first kappa shape index (κ1) is 5.98. The summed E-state index contributed by atoms with van der Waals surface area (Å²) >= 11 is 1.48. The molecule has 1 aromatic rings. The summed E-state index contributed by atoms with van der Waals surface area (Å²) in [6.45, 7) is 0. The Morgan fingerprint density at radius 1 is 1.10 bits per heavy atom. The van der Waals surface area contributed by atoms with Gasteiger partial charge in [0.2, 0.25) is 0 Å². The maximum absolute atomic E-state index is 4.05. The largest absolute Gasteiger partial charge is 0.223 e. The van der Waals surface area contributed by atoms with Crippen molar-refractivity contribution >= 4 is 18.2 Å². The molecule has 0 spiro atoms. The third-order valence-corrected chi connectivity index (χ3v) is 2.01. The Balaban J connectivity index is 2.54. The van der Waals surface area contributed by atoms with Gasteiger partial charge in [0.25, 0.3) is 0 Å². The molecule has 49 valence electrons. The van der Waals surface area contributed by atoms with Crippen LogP contribution in [-0.4, -0.2) is 6.21 Å². The fourth-order valence-corrected chi connectivity index (χ4v) is 1.47. The molecule has 0 aromatic heterocycles. The zero-order valence-corrected chi connectivity index (χ0v) is 6.14. The van der Waals surface area contributed by atoms with E-state index < -0.39 is 0 Å². The monoisotopic (exact) mass is 148 g/mol. The fraction of sp³-hybridized carbons (Fsp3) is 0.